The molecule has 2 N–H and O–H groups in total. The zero-order chi connectivity index (χ0) is 19.0. The van der Waals surface area contributed by atoms with Crippen LogP contribution in [0.2, 0.25) is 0 Å². The predicted molar refractivity (Wildman–Crippen MR) is 100 cm³/mol. The van der Waals surface area contributed by atoms with Crippen molar-refractivity contribution in [2.75, 3.05) is 45.9 Å². The minimum Gasteiger partial charge on any atom is -0.384 e. The molecule has 7 heteroatoms. The van der Waals surface area contributed by atoms with Crippen LogP contribution in [0.15, 0.2) is 0 Å². The Bertz CT molecular complexity index is 738. The fourth-order valence-corrected chi connectivity index (χ4v) is 4.70. The molecule has 0 radical (unpaired) electrons. The van der Waals surface area contributed by atoms with Gasteiger partial charge in [-0.05, 0) is 45.7 Å². The highest BCUT2D eigenvalue weighted by molar-refractivity contribution is 6.10. The van der Waals surface area contributed by atoms with E-state index in [1.807, 2.05) is 6.92 Å². The van der Waals surface area contributed by atoms with Gasteiger partial charge in [-0.3, -0.25) is 9.59 Å². The maximum atomic E-state index is 13.4. The van der Waals surface area contributed by atoms with Gasteiger partial charge >= 0.3 is 0 Å². The molecule has 3 heterocycles. The highest BCUT2D eigenvalue weighted by Gasteiger charge is 2.38. The molecule has 0 saturated carbocycles. The zero-order valence-corrected chi connectivity index (χ0v) is 16.1. The topological polar surface area (TPSA) is 85.9 Å². The number of carbonyl (C=O) groups excluding carboxylic acids is 2. The molecule has 2 fully saturated rings. The van der Waals surface area contributed by atoms with E-state index < -0.39 is 5.60 Å². The number of likely N-dealkylation sites (tertiary alicyclic amines) is 1. The normalized spacial score (nSPS) is 26.9. The second kappa shape index (κ2) is 7.37. The average Bonchev–Trinajstić information content (AvgIpc) is 3.19. The number of hydrogen-bond donors (Lipinski definition) is 2. The quantitative estimate of drug-likeness (QED) is 0.828. The predicted octanol–water partition coefficient (Wildman–Crippen LogP) is 1.14. The van der Waals surface area contributed by atoms with Crippen LogP contribution < -0.4 is 0 Å². The van der Waals surface area contributed by atoms with Crippen LogP contribution in [-0.2, 0) is 11.2 Å². The van der Waals surface area contributed by atoms with E-state index in [9.17, 15) is 14.7 Å². The summed E-state index contributed by atoms with van der Waals surface area (Å²) >= 11 is 0. The molecular weight excluding hydrogens is 346 g/mol. The molecule has 0 aromatic carbocycles. The lowest BCUT2D eigenvalue weighted by atomic mass is 9.92. The van der Waals surface area contributed by atoms with E-state index in [4.69, 9.17) is 4.74 Å². The number of aryl methyl sites for hydroxylation is 2. The van der Waals surface area contributed by atoms with E-state index in [0.29, 0.717) is 37.2 Å². The molecule has 1 aromatic heterocycles. The van der Waals surface area contributed by atoms with Crippen molar-refractivity contribution in [2.24, 2.45) is 0 Å². The summed E-state index contributed by atoms with van der Waals surface area (Å²) in [7, 11) is 0. The van der Waals surface area contributed by atoms with Crippen molar-refractivity contribution in [1.29, 1.82) is 0 Å². The summed E-state index contributed by atoms with van der Waals surface area (Å²) in [6.07, 6.45) is 4.42. The average molecular weight is 375 g/mol. The Morgan fingerprint density at radius 3 is 2.78 bits per heavy atom. The number of rotatable bonds is 3. The molecular formula is C20H29N3O4. The number of β-amino-alcohol motifs (C(OH)–C–C–N with tert-alkyl or cyclic N) is 1. The third-order valence-electron chi connectivity index (χ3n) is 5.95. The second-order valence-corrected chi connectivity index (χ2v) is 8.24. The van der Waals surface area contributed by atoms with Crippen molar-refractivity contribution in [3.63, 3.8) is 0 Å². The Hall–Kier alpha value is -1.70. The molecule has 7 nitrogen and oxygen atoms in total. The molecule has 27 heavy (non-hydrogen) atoms. The summed E-state index contributed by atoms with van der Waals surface area (Å²) in [6, 6.07) is 0. The molecule has 1 unspecified atom stereocenters. The van der Waals surface area contributed by atoms with Gasteiger partial charge in [0.05, 0.1) is 30.9 Å². The molecule has 1 aliphatic carbocycles. The van der Waals surface area contributed by atoms with Crippen LogP contribution in [0.1, 0.15) is 57.8 Å². The Kier molecular flexibility index (Phi) is 5.09. The number of hydrogen-bond acceptors (Lipinski definition) is 5. The fourth-order valence-electron chi connectivity index (χ4n) is 4.70. The second-order valence-electron chi connectivity index (χ2n) is 8.24. The highest BCUT2D eigenvalue weighted by Crippen LogP contribution is 2.29. The van der Waals surface area contributed by atoms with Crippen LogP contribution in [0.4, 0.5) is 0 Å². The summed E-state index contributed by atoms with van der Waals surface area (Å²) in [4.78, 5) is 33.0. The van der Waals surface area contributed by atoms with Gasteiger partial charge in [-0.2, -0.15) is 0 Å². The molecule has 148 valence electrons. The van der Waals surface area contributed by atoms with Gasteiger partial charge in [-0.1, -0.05) is 0 Å². The summed E-state index contributed by atoms with van der Waals surface area (Å²) in [6.45, 7) is 5.61. The lowest BCUT2D eigenvalue weighted by Gasteiger charge is -2.34. The minimum atomic E-state index is -1.08. The zero-order valence-electron chi connectivity index (χ0n) is 16.1. The third kappa shape index (κ3) is 3.68. The van der Waals surface area contributed by atoms with Gasteiger partial charge in [0.1, 0.15) is 5.60 Å². The number of H-pyrrole nitrogens is 1. The number of amides is 1. The van der Waals surface area contributed by atoms with Gasteiger partial charge in [-0.15, -0.1) is 0 Å². The number of aromatic nitrogens is 1. The first-order chi connectivity index (χ1) is 13.0. The van der Waals surface area contributed by atoms with Gasteiger partial charge in [0.2, 0.25) is 0 Å². The van der Waals surface area contributed by atoms with Crippen LogP contribution in [0, 0.1) is 6.92 Å². The lowest BCUT2D eigenvalue weighted by Crippen LogP contribution is -2.53. The van der Waals surface area contributed by atoms with Crippen molar-refractivity contribution >= 4 is 11.7 Å². The number of fused-ring (bicyclic) bond motifs is 1. The smallest absolute Gasteiger partial charge is 0.256 e. The van der Waals surface area contributed by atoms with E-state index in [0.717, 1.165) is 50.2 Å². The van der Waals surface area contributed by atoms with Gasteiger partial charge in [0.15, 0.2) is 5.78 Å². The van der Waals surface area contributed by atoms with Crippen LogP contribution >= 0.6 is 0 Å². The first kappa shape index (κ1) is 18.7. The highest BCUT2D eigenvalue weighted by atomic mass is 16.5. The van der Waals surface area contributed by atoms with Gasteiger partial charge in [-0.25, -0.2) is 0 Å². The number of nitrogens with one attached hydrogen (secondary N) is 1. The number of carbonyl (C=O) groups is 2. The molecule has 1 aromatic rings. The van der Waals surface area contributed by atoms with E-state index in [-0.39, 0.29) is 24.8 Å². The molecule has 2 saturated heterocycles. The summed E-state index contributed by atoms with van der Waals surface area (Å²) in [5.41, 5.74) is 1.60. The Balaban J connectivity index is 1.57. The standard InChI is InChI=1S/C20H29N3O4/c1-14-17(18-15(21-14)5-4-6-16(18)24)19(25)23-9-10-27-13-20(26,12-23)11-22-7-2-3-8-22/h21,26H,2-13H2,1H3. The van der Waals surface area contributed by atoms with E-state index in [1.165, 1.54) is 0 Å². The number of Topliss-reactive ketones (excluding diaryl/α,β-unsaturated/α-hetero) is 1. The number of ether oxygens (including phenoxy) is 1. The molecule has 4 rings (SSSR count). The van der Waals surface area contributed by atoms with Crippen molar-refractivity contribution in [1.82, 2.24) is 14.8 Å². The van der Waals surface area contributed by atoms with E-state index in [2.05, 4.69) is 9.88 Å². The van der Waals surface area contributed by atoms with Gasteiger partial charge in [0.25, 0.3) is 5.91 Å². The Morgan fingerprint density at radius 2 is 2.00 bits per heavy atom. The van der Waals surface area contributed by atoms with Gasteiger partial charge in [0, 0.05) is 30.9 Å². The largest absolute Gasteiger partial charge is 0.384 e. The van der Waals surface area contributed by atoms with Crippen LogP contribution in [0.25, 0.3) is 0 Å². The van der Waals surface area contributed by atoms with Crippen molar-refractivity contribution in [3.05, 3.63) is 22.5 Å². The van der Waals surface area contributed by atoms with Crippen LogP contribution in [-0.4, -0.2) is 83.1 Å². The fraction of sp³-hybridized carbons (Fsp3) is 0.700. The maximum absolute atomic E-state index is 13.4. The summed E-state index contributed by atoms with van der Waals surface area (Å²) < 4.78 is 5.64. The molecule has 1 amide bonds. The monoisotopic (exact) mass is 375 g/mol. The molecule has 3 aliphatic rings. The van der Waals surface area contributed by atoms with Crippen molar-refractivity contribution in [2.45, 2.75) is 44.6 Å². The first-order valence-electron chi connectivity index (χ1n) is 10.0. The molecule has 2 aliphatic heterocycles. The number of aliphatic hydroxyl groups is 1. The Morgan fingerprint density at radius 1 is 1.22 bits per heavy atom. The Labute approximate surface area is 159 Å². The van der Waals surface area contributed by atoms with Crippen LogP contribution in [0.5, 0.6) is 0 Å². The maximum Gasteiger partial charge on any atom is 0.256 e. The van der Waals surface area contributed by atoms with Gasteiger partial charge < -0.3 is 24.6 Å². The van der Waals surface area contributed by atoms with Crippen molar-refractivity contribution in [3.8, 4) is 0 Å². The van der Waals surface area contributed by atoms with E-state index in [1.54, 1.807) is 4.90 Å². The molecule has 0 bridgehead atoms. The van der Waals surface area contributed by atoms with E-state index >= 15 is 0 Å². The third-order valence-corrected chi connectivity index (χ3v) is 5.95. The lowest BCUT2D eigenvalue weighted by molar-refractivity contribution is -0.0524. The first-order valence-corrected chi connectivity index (χ1v) is 10.0. The number of nitrogens with zero attached hydrogens (tertiary/aromatic N) is 2. The summed E-state index contributed by atoms with van der Waals surface area (Å²) in [5, 5.41) is 11.2. The molecule has 0 spiro atoms. The van der Waals surface area contributed by atoms with Crippen molar-refractivity contribution < 1.29 is 19.4 Å². The SMILES string of the molecule is Cc1[nH]c2c(c1C(=O)N1CCOCC(O)(CN3CCCC3)C1)C(=O)CCC2. The molecule has 1 atom stereocenters. The summed E-state index contributed by atoms with van der Waals surface area (Å²) in [5.74, 6) is -0.132. The number of aromatic amines is 1. The van der Waals surface area contributed by atoms with Crippen LogP contribution in [0.3, 0.4) is 0 Å². The number of ketones is 1. The minimum absolute atomic E-state index is 0.0438.